The Kier molecular flexibility index (Phi) is 4.25. The van der Waals surface area contributed by atoms with Gasteiger partial charge in [-0.05, 0) is 58.2 Å². The van der Waals surface area contributed by atoms with Gasteiger partial charge in [-0.3, -0.25) is 0 Å². The highest BCUT2D eigenvalue weighted by molar-refractivity contribution is 9.10. The van der Waals surface area contributed by atoms with E-state index >= 15 is 0 Å². The molecular weight excluding hydrogens is 317 g/mol. The molecule has 0 bridgehead atoms. The predicted molar refractivity (Wildman–Crippen MR) is 77.6 cm³/mol. The van der Waals surface area contributed by atoms with E-state index < -0.39 is 0 Å². The third-order valence-corrected chi connectivity index (χ3v) is 3.62. The second-order valence-corrected chi connectivity index (χ2v) is 5.33. The highest BCUT2D eigenvalue weighted by Gasteiger charge is 2.03. The van der Waals surface area contributed by atoms with Crippen molar-refractivity contribution in [3.05, 3.63) is 62.8 Å². The van der Waals surface area contributed by atoms with Crippen LogP contribution in [0.4, 0.5) is 10.1 Å². The van der Waals surface area contributed by atoms with Gasteiger partial charge in [0.1, 0.15) is 5.82 Å². The molecule has 2 aromatic carbocycles. The minimum atomic E-state index is -0.263. The maximum absolute atomic E-state index is 12.9. The number of benzene rings is 2. The average molecular weight is 329 g/mol. The van der Waals surface area contributed by atoms with Gasteiger partial charge in [-0.2, -0.15) is 0 Å². The number of nitrogens with one attached hydrogen (secondary N) is 1. The van der Waals surface area contributed by atoms with E-state index in [1.807, 2.05) is 25.1 Å². The topological polar surface area (TPSA) is 12.0 Å². The molecule has 0 aromatic heterocycles. The van der Waals surface area contributed by atoms with Crippen LogP contribution >= 0.6 is 27.5 Å². The van der Waals surface area contributed by atoms with Gasteiger partial charge < -0.3 is 5.32 Å². The number of anilines is 1. The summed E-state index contributed by atoms with van der Waals surface area (Å²) in [6, 6.07) is 10.5. The molecule has 1 N–H and O–H groups in total. The molecule has 0 aliphatic carbocycles. The molecule has 2 rings (SSSR count). The zero-order chi connectivity index (χ0) is 13.1. The van der Waals surface area contributed by atoms with Crippen LogP contribution in [0.1, 0.15) is 11.1 Å². The van der Waals surface area contributed by atoms with Gasteiger partial charge in [0.2, 0.25) is 0 Å². The number of halogens is 3. The molecule has 94 valence electrons. The van der Waals surface area contributed by atoms with E-state index in [2.05, 4.69) is 21.2 Å². The van der Waals surface area contributed by atoms with Crippen molar-refractivity contribution in [3.8, 4) is 0 Å². The highest BCUT2D eigenvalue weighted by atomic mass is 79.9. The number of hydrogen-bond donors (Lipinski definition) is 1. The van der Waals surface area contributed by atoms with Crippen molar-refractivity contribution in [1.82, 2.24) is 0 Å². The molecule has 0 radical (unpaired) electrons. The maximum atomic E-state index is 12.9. The molecule has 0 saturated carbocycles. The largest absolute Gasteiger partial charge is 0.380 e. The Hall–Kier alpha value is -1.06. The molecule has 4 heteroatoms. The van der Waals surface area contributed by atoms with Crippen LogP contribution in [-0.2, 0) is 6.54 Å². The van der Waals surface area contributed by atoms with Crippen LogP contribution in [0.25, 0.3) is 0 Å². The molecular formula is C14H12BrClFN. The average Bonchev–Trinajstić information content (AvgIpc) is 2.30. The highest BCUT2D eigenvalue weighted by Crippen LogP contribution is 2.25. The van der Waals surface area contributed by atoms with Crippen molar-refractivity contribution >= 4 is 33.2 Å². The van der Waals surface area contributed by atoms with Crippen molar-refractivity contribution in [2.75, 3.05) is 5.32 Å². The molecule has 0 aliphatic heterocycles. The summed E-state index contributed by atoms with van der Waals surface area (Å²) in [5.74, 6) is -0.263. The molecule has 18 heavy (non-hydrogen) atoms. The molecule has 1 nitrogen and oxygen atoms in total. The lowest BCUT2D eigenvalue weighted by molar-refractivity contribution is 0.627. The first-order valence-electron chi connectivity index (χ1n) is 5.50. The van der Waals surface area contributed by atoms with Crippen molar-refractivity contribution in [3.63, 3.8) is 0 Å². The Bertz CT molecular complexity index is 520. The zero-order valence-electron chi connectivity index (χ0n) is 9.81. The molecule has 0 spiro atoms. The lowest BCUT2D eigenvalue weighted by Crippen LogP contribution is -2.01. The van der Waals surface area contributed by atoms with E-state index in [4.69, 9.17) is 11.6 Å². The Morgan fingerprint density at radius 2 is 2.00 bits per heavy atom. The van der Waals surface area contributed by atoms with Crippen molar-refractivity contribution in [2.24, 2.45) is 0 Å². The van der Waals surface area contributed by atoms with Gasteiger partial charge in [-0.1, -0.05) is 23.7 Å². The summed E-state index contributed by atoms with van der Waals surface area (Å²) in [6.07, 6.45) is 0. The van der Waals surface area contributed by atoms with Crippen molar-refractivity contribution in [1.29, 1.82) is 0 Å². The second-order valence-electron chi connectivity index (χ2n) is 4.07. The second kappa shape index (κ2) is 5.72. The molecule has 0 heterocycles. The summed E-state index contributed by atoms with van der Waals surface area (Å²) >= 11 is 9.46. The van der Waals surface area contributed by atoms with Crippen LogP contribution in [0.2, 0.25) is 5.02 Å². The van der Waals surface area contributed by atoms with Crippen molar-refractivity contribution < 1.29 is 4.39 Å². The van der Waals surface area contributed by atoms with Crippen LogP contribution in [0.15, 0.2) is 40.9 Å². The minimum Gasteiger partial charge on any atom is -0.380 e. The monoisotopic (exact) mass is 327 g/mol. The van der Waals surface area contributed by atoms with Crippen LogP contribution in [0.3, 0.4) is 0 Å². The molecule has 0 atom stereocenters. The summed E-state index contributed by atoms with van der Waals surface area (Å²) in [4.78, 5) is 0. The van der Waals surface area contributed by atoms with E-state index in [0.29, 0.717) is 11.0 Å². The lowest BCUT2D eigenvalue weighted by Gasteiger charge is -2.10. The van der Waals surface area contributed by atoms with E-state index in [1.54, 1.807) is 6.07 Å². The van der Waals surface area contributed by atoms with Gasteiger partial charge in [0, 0.05) is 21.7 Å². The fourth-order valence-corrected chi connectivity index (χ4v) is 2.41. The van der Waals surface area contributed by atoms with Gasteiger partial charge in [0.25, 0.3) is 0 Å². The van der Waals surface area contributed by atoms with Crippen molar-refractivity contribution in [2.45, 2.75) is 13.5 Å². The van der Waals surface area contributed by atoms with Gasteiger partial charge in [0.15, 0.2) is 0 Å². The number of hydrogen-bond acceptors (Lipinski definition) is 1. The summed E-state index contributed by atoms with van der Waals surface area (Å²) in [5.41, 5.74) is 2.98. The van der Waals surface area contributed by atoms with E-state index in [1.165, 1.54) is 12.1 Å². The zero-order valence-corrected chi connectivity index (χ0v) is 12.1. The predicted octanol–water partition coefficient (Wildman–Crippen LogP) is 5.16. The minimum absolute atomic E-state index is 0.263. The van der Waals surface area contributed by atoms with Gasteiger partial charge in [-0.15, -0.1) is 0 Å². The molecule has 0 fully saturated rings. The standard InChI is InChI=1S/C14H12BrClFN/c1-9-2-3-10(13(16)6-9)8-18-14-5-4-11(17)7-12(14)15/h2-7,18H,8H2,1H3. The smallest absolute Gasteiger partial charge is 0.124 e. The normalized spacial score (nSPS) is 10.4. The van der Waals surface area contributed by atoms with Crippen LogP contribution in [-0.4, -0.2) is 0 Å². The molecule has 0 amide bonds. The van der Waals surface area contributed by atoms with Gasteiger partial charge in [0.05, 0.1) is 0 Å². The van der Waals surface area contributed by atoms with E-state index in [-0.39, 0.29) is 5.82 Å². The van der Waals surface area contributed by atoms with E-state index in [0.717, 1.165) is 21.8 Å². The first-order chi connectivity index (χ1) is 8.56. The van der Waals surface area contributed by atoms with Gasteiger partial charge >= 0.3 is 0 Å². The third-order valence-electron chi connectivity index (χ3n) is 2.61. The van der Waals surface area contributed by atoms with Crippen LogP contribution in [0, 0.1) is 12.7 Å². The van der Waals surface area contributed by atoms with Crippen LogP contribution in [0.5, 0.6) is 0 Å². The first kappa shape index (κ1) is 13.4. The molecule has 0 aliphatic rings. The summed E-state index contributed by atoms with van der Waals surface area (Å²) in [7, 11) is 0. The summed E-state index contributed by atoms with van der Waals surface area (Å²) in [6.45, 7) is 2.60. The fraction of sp³-hybridized carbons (Fsp3) is 0.143. The maximum Gasteiger partial charge on any atom is 0.124 e. The Balaban J connectivity index is 2.11. The number of aryl methyl sites for hydroxylation is 1. The SMILES string of the molecule is Cc1ccc(CNc2ccc(F)cc2Br)c(Cl)c1. The lowest BCUT2D eigenvalue weighted by atomic mass is 10.1. The summed E-state index contributed by atoms with van der Waals surface area (Å²) in [5, 5.41) is 3.96. The third kappa shape index (κ3) is 3.24. The molecule has 0 saturated heterocycles. The van der Waals surface area contributed by atoms with Gasteiger partial charge in [-0.25, -0.2) is 4.39 Å². The Morgan fingerprint density at radius 1 is 1.22 bits per heavy atom. The van der Waals surface area contributed by atoms with E-state index in [9.17, 15) is 4.39 Å². The first-order valence-corrected chi connectivity index (χ1v) is 6.67. The van der Waals surface area contributed by atoms with Crippen LogP contribution < -0.4 is 5.32 Å². The summed E-state index contributed by atoms with van der Waals surface area (Å²) < 4.78 is 13.6. The fourth-order valence-electron chi connectivity index (χ4n) is 1.62. The molecule has 2 aromatic rings. The molecule has 0 unspecified atom stereocenters. The quantitative estimate of drug-likeness (QED) is 0.820. The Labute approximate surface area is 119 Å². The Morgan fingerprint density at radius 3 is 2.67 bits per heavy atom. The number of rotatable bonds is 3.